The fourth-order valence-electron chi connectivity index (χ4n) is 2.06. The van der Waals surface area contributed by atoms with Gasteiger partial charge in [0.2, 0.25) is 0 Å². The molecule has 2 aromatic rings. The Labute approximate surface area is 104 Å². The molecule has 92 valence electrons. The minimum absolute atomic E-state index is 0.548. The Morgan fingerprint density at radius 1 is 1.18 bits per heavy atom. The molecule has 0 unspecified atom stereocenters. The molecule has 0 radical (unpaired) electrons. The van der Waals surface area contributed by atoms with E-state index in [1.165, 1.54) is 22.0 Å². The van der Waals surface area contributed by atoms with Crippen LogP contribution in [0.5, 0.6) is 0 Å². The predicted molar refractivity (Wildman–Crippen MR) is 74.6 cm³/mol. The number of aromatic nitrogens is 1. The van der Waals surface area contributed by atoms with E-state index in [0.717, 1.165) is 6.54 Å². The third-order valence-corrected chi connectivity index (χ3v) is 3.73. The van der Waals surface area contributed by atoms with Crippen molar-refractivity contribution in [1.82, 2.24) is 9.47 Å². The van der Waals surface area contributed by atoms with Crippen LogP contribution in [0.1, 0.15) is 18.1 Å². The van der Waals surface area contributed by atoms with E-state index in [-0.39, 0.29) is 0 Å². The van der Waals surface area contributed by atoms with Gasteiger partial charge >= 0.3 is 0 Å². The van der Waals surface area contributed by atoms with Crippen molar-refractivity contribution in [2.45, 2.75) is 33.4 Å². The van der Waals surface area contributed by atoms with Gasteiger partial charge in [0, 0.05) is 24.3 Å². The van der Waals surface area contributed by atoms with Crippen molar-refractivity contribution < 1.29 is 0 Å². The summed E-state index contributed by atoms with van der Waals surface area (Å²) in [6.07, 6.45) is 2.20. The van der Waals surface area contributed by atoms with Gasteiger partial charge in [-0.05, 0) is 69.6 Å². The Balaban J connectivity index is 2.39. The second-order valence-corrected chi connectivity index (χ2v) is 5.28. The maximum Gasteiger partial charge on any atom is 0.0483 e. The van der Waals surface area contributed by atoms with Gasteiger partial charge in [0.1, 0.15) is 0 Å². The Morgan fingerprint density at radius 3 is 2.47 bits per heavy atom. The molecule has 0 aliphatic carbocycles. The fourth-order valence-corrected chi connectivity index (χ4v) is 2.06. The van der Waals surface area contributed by atoms with Gasteiger partial charge in [-0.15, -0.1) is 0 Å². The predicted octanol–water partition coefficient (Wildman–Crippen LogP) is 3.21. The van der Waals surface area contributed by atoms with Crippen LogP contribution in [0, 0.1) is 13.8 Å². The van der Waals surface area contributed by atoms with Gasteiger partial charge in [-0.1, -0.05) is 0 Å². The van der Waals surface area contributed by atoms with Crippen molar-refractivity contribution in [1.29, 1.82) is 0 Å². The minimum atomic E-state index is 0.548. The molecular formula is C15H22N2. The van der Waals surface area contributed by atoms with Crippen molar-refractivity contribution in [3.63, 3.8) is 0 Å². The van der Waals surface area contributed by atoms with E-state index in [9.17, 15) is 0 Å². The van der Waals surface area contributed by atoms with Crippen LogP contribution in [0.15, 0.2) is 24.4 Å². The average molecular weight is 230 g/mol. The third kappa shape index (κ3) is 2.37. The second-order valence-electron chi connectivity index (χ2n) is 5.28. The standard InChI is InChI=1S/C15H22N2/c1-11-8-14-6-7-17(10-13(3)16(4)5)15(14)9-12(11)2/h6-9,13H,10H2,1-5H3/t13-/m1/s1. The SMILES string of the molecule is Cc1cc2ccn(C[C@@H](C)N(C)C)c2cc1C. The summed E-state index contributed by atoms with van der Waals surface area (Å²) in [5, 5.41) is 1.35. The third-order valence-electron chi connectivity index (χ3n) is 3.73. The molecule has 0 amide bonds. The van der Waals surface area contributed by atoms with Crippen LogP contribution in [-0.2, 0) is 6.54 Å². The zero-order valence-electron chi connectivity index (χ0n) is 11.5. The Bertz CT molecular complexity index is 523. The van der Waals surface area contributed by atoms with Gasteiger partial charge < -0.3 is 9.47 Å². The molecule has 1 aromatic heterocycles. The highest BCUT2D eigenvalue weighted by atomic mass is 15.1. The molecule has 2 nitrogen and oxygen atoms in total. The second kappa shape index (κ2) is 4.53. The molecule has 1 aromatic carbocycles. The lowest BCUT2D eigenvalue weighted by Gasteiger charge is -2.21. The first kappa shape index (κ1) is 12.2. The lowest BCUT2D eigenvalue weighted by Crippen LogP contribution is -2.28. The summed E-state index contributed by atoms with van der Waals surface area (Å²) in [5.41, 5.74) is 4.09. The highest BCUT2D eigenvalue weighted by Crippen LogP contribution is 2.21. The first-order chi connectivity index (χ1) is 7.99. The number of rotatable bonds is 3. The number of fused-ring (bicyclic) bond motifs is 1. The van der Waals surface area contributed by atoms with E-state index < -0.39 is 0 Å². The molecule has 2 rings (SSSR count). The Kier molecular flexibility index (Phi) is 3.25. The van der Waals surface area contributed by atoms with Crippen LogP contribution in [-0.4, -0.2) is 29.6 Å². The van der Waals surface area contributed by atoms with Crippen LogP contribution in [0.4, 0.5) is 0 Å². The molecule has 0 saturated heterocycles. The number of nitrogens with zero attached hydrogens (tertiary/aromatic N) is 2. The molecule has 0 saturated carbocycles. The van der Waals surface area contributed by atoms with Gasteiger partial charge in [-0.25, -0.2) is 0 Å². The topological polar surface area (TPSA) is 8.17 Å². The van der Waals surface area contributed by atoms with Crippen molar-refractivity contribution in [3.8, 4) is 0 Å². The van der Waals surface area contributed by atoms with Crippen LogP contribution >= 0.6 is 0 Å². The van der Waals surface area contributed by atoms with Crippen LogP contribution < -0.4 is 0 Å². The summed E-state index contributed by atoms with van der Waals surface area (Å²) in [5.74, 6) is 0. The van der Waals surface area contributed by atoms with Crippen LogP contribution in [0.2, 0.25) is 0 Å². The van der Waals surface area contributed by atoms with Crippen LogP contribution in [0.25, 0.3) is 10.9 Å². The Hall–Kier alpha value is -1.28. The Morgan fingerprint density at radius 2 is 1.82 bits per heavy atom. The number of benzene rings is 1. The number of aryl methyl sites for hydroxylation is 2. The molecule has 17 heavy (non-hydrogen) atoms. The minimum Gasteiger partial charge on any atom is -0.346 e. The van der Waals surface area contributed by atoms with Gasteiger partial charge in [-0.2, -0.15) is 0 Å². The first-order valence-electron chi connectivity index (χ1n) is 6.21. The molecular weight excluding hydrogens is 208 g/mol. The maximum atomic E-state index is 2.35. The molecule has 0 aliphatic rings. The van der Waals surface area contributed by atoms with E-state index in [4.69, 9.17) is 0 Å². The largest absolute Gasteiger partial charge is 0.346 e. The lowest BCUT2D eigenvalue weighted by molar-refractivity contribution is 0.286. The number of hydrogen-bond donors (Lipinski definition) is 0. The first-order valence-corrected chi connectivity index (χ1v) is 6.21. The molecule has 0 aliphatic heterocycles. The van der Waals surface area contributed by atoms with Crippen molar-refractivity contribution >= 4 is 10.9 Å². The molecule has 1 heterocycles. The van der Waals surface area contributed by atoms with Crippen molar-refractivity contribution in [2.75, 3.05) is 14.1 Å². The smallest absolute Gasteiger partial charge is 0.0483 e. The van der Waals surface area contributed by atoms with Crippen LogP contribution in [0.3, 0.4) is 0 Å². The molecule has 1 atom stereocenters. The monoisotopic (exact) mass is 230 g/mol. The highest BCUT2D eigenvalue weighted by Gasteiger charge is 2.08. The molecule has 0 fully saturated rings. The normalized spacial score (nSPS) is 13.5. The zero-order chi connectivity index (χ0) is 12.6. The summed E-state index contributed by atoms with van der Waals surface area (Å²) in [6.45, 7) is 7.65. The maximum absolute atomic E-state index is 2.35. The lowest BCUT2D eigenvalue weighted by atomic mass is 10.1. The zero-order valence-corrected chi connectivity index (χ0v) is 11.5. The van der Waals surface area contributed by atoms with E-state index in [2.05, 4.69) is 68.7 Å². The molecule has 0 bridgehead atoms. The molecule has 2 heteroatoms. The summed E-state index contributed by atoms with van der Waals surface area (Å²) in [7, 11) is 4.26. The summed E-state index contributed by atoms with van der Waals surface area (Å²) < 4.78 is 2.35. The number of likely N-dealkylation sites (N-methyl/N-ethyl adjacent to an activating group) is 1. The van der Waals surface area contributed by atoms with Gasteiger partial charge in [-0.3, -0.25) is 0 Å². The number of hydrogen-bond acceptors (Lipinski definition) is 1. The van der Waals surface area contributed by atoms with Gasteiger partial charge in [0.25, 0.3) is 0 Å². The van der Waals surface area contributed by atoms with Crippen molar-refractivity contribution in [3.05, 3.63) is 35.5 Å². The quantitative estimate of drug-likeness (QED) is 0.786. The summed E-state index contributed by atoms with van der Waals surface area (Å²) >= 11 is 0. The van der Waals surface area contributed by atoms with E-state index in [1.807, 2.05) is 0 Å². The van der Waals surface area contributed by atoms with E-state index in [0.29, 0.717) is 6.04 Å². The molecule has 0 N–H and O–H groups in total. The van der Waals surface area contributed by atoms with E-state index in [1.54, 1.807) is 0 Å². The van der Waals surface area contributed by atoms with Crippen molar-refractivity contribution in [2.24, 2.45) is 0 Å². The highest BCUT2D eigenvalue weighted by molar-refractivity contribution is 5.81. The fraction of sp³-hybridized carbons (Fsp3) is 0.467. The van der Waals surface area contributed by atoms with Gasteiger partial charge in [0.15, 0.2) is 0 Å². The van der Waals surface area contributed by atoms with Gasteiger partial charge in [0.05, 0.1) is 0 Å². The average Bonchev–Trinajstić information content (AvgIpc) is 2.62. The molecule has 0 spiro atoms. The summed E-state index contributed by atoms with van der Waals surface area (Å²) in [4.78, 5) is 2.26. The summed E-state index contributed by atoms with van der Waals surface area (Å²) in [6, 6.07) is 7.34. The van der Waals surface area contributed by atoms with E-state index >= 15 is 0 Å².